The molecule has 1 fully saturated rings. The van der Waals surface area contributed by atoms with Crippen LogP contribution in [0.5, 0.6) is 11.5 Å². The lowest BCUT2D eigenvalue weighted by Gasteiger charge is -2.16. The van der Waals surface area contributed by atoms with Gasteiger partial charge in [0.2, 0.25) is 5.91 Å². The van der Waals surface area contributed by atoms with Crippen molar-refractivity contribution in [2.75, 3.05) is 25.2 Å². The minimum absolute atomic E-state index is 0.103. The van der Waals surface area contributed by atoms with E-state index in [4.69, 9.17) is 9.47 Å². The molecule has 1 amide bonds. The standard InChI is InChI=1S/C22H22BrNO4/c1-3-28-22-18(23)12-15(13-20(22)27-2)9-10-19(25)16-6-4-7-17(14-16)24-11-5-8-21(24)26/h4,6-7,9-10,12-14H,3,5,8,11H2,1-2H3/b10-9+. The van der Waals surface area contributed by atoms with Gasteiger partial charge in [-0.1, -0.05) is 18.2 Å². The fourth-order valence-corrected chi connectivity index (χ4v) is 3.71. The third-order valence-corrected chi connectivity index (χ3v) is 5.07. The lowest BCUT2D eigenvalue weighted by atomic mass is 10.1. The minimum Gasteiger partial charge on any atom is -0.493 e. The lowest BCUT2D eigenvalue weighted by molar-refractivity contribution is -0.117. The van der Waals surface area contributed by atoms with E-state index in [0.29, 0.717) is 36.6 Å². The molecule has 1 aliphatic heterocycles. The van der Waals surface area contributed by atoms with Crippen molar-refractivity contribution in [3.05, 3.63) is 58.1 Å². The first kappa shape index (κ1) is 20.1. The van der Waals surface area contributed by atoms with Gasteiger partial charge in [0.1, 0.15) is 0 Å². The molecule has 2 aromatic carbocycles. The van der Waals surface area contributed by atoms with Crippen LogP contribution in [0.1, 0.15) is 35.7 Å². The van der Waals surface area contributed by atoms with Gasteiger partial charge in [-0.2, -0.15) is 0 Å². The summed E-state index contributed by atoms with van der Waals surface area (Å²) in [4.78, 5) is 26.3. The Hall–Kier alpha value is -2.60. The molecule has 0 radical (unpaired) electrons. The summed E-state index contributed by atoms with van der Waals surface area (Å²) in [6.07, 6.45) is 4.67. The van der Waals surface area contributed by atoms with Crippen LogP contribution >= 0.6 is 15.9 Å². The zero-order chi connectivity index (χ0) is 20.1. The number of nitrogens with zero attached hydrogens (tertiary/aromatic N) is 1. The third-order valence-electron chi connectivity index (χ3n) is 4.48. The Morgan fingerprint density at radius 1 is 1.29 bits per heavy atom. The summed E-state index contributed by atoms with van der Waals surface area (Å²) in [5, 5.41) is 0. The number of carbonyl (C=O) groups excluding carboxylic acids is 2. The second-order valence-corrected chi connectivity index (χ2v) is 7.22. The molecule has 0 N–H and O–H groups in total. The molecule has 6 heteroatoms. The first-order chi connectivity index (χ1) is 13.5. The van der Waals surface area contributed by atoms with Crippen LogP contribution in [0, 0.1) is 0 Å². The normalized spacial score (nSPS) is 14.0. The third kappa shape index (κ3) is 4.44. The Morgan fingerprint density at radius 2 is 2.11 bits per heavy atom. The topological polar surface area (TPSA) is 55.8 Å². The molecule has 0 unspecified atom stereocenters. The summed E-state index contributed by atoms with van der Waals surface area (Å²) >= 11 is 3.48. The summed E-state index contributed by atoms with van der Waals surface area (Å²) < 4.78 is 11.7. The highest BCUT2D eigenvalue weighted by Gasteiger charge is 2.22. The van der Waals surface area contributed by atoms with Crippen LogP contribution < -0.4 is 14.4 Å². The van der Waals surface area contributed by atoms with Gasteiger partial charge in [0, 0.05) is 24.2 Å². The van der Waals surface area contributed by atoms with Gasteiger partial charge in [0.15, 0.2) is 17.3 Å². The van der Waals surface area contributed by atoms with Crippen molar-refractivity contribution in [2.45, 2.75) is 19.8 Å². The maximum Gasteiger partial charge on any atom is 0.227 e. The highest BCUT2D eigenvalue weighted by molar-refractivity contribution is 9.10. The number of rotatable bonds is 7. The van der Waals surface area contributed by atoms with Gasteiger partial charge in [-0.15, -0.1) is 0 Å². The molecule has 1 aliphatic rings. The van der Waals surface area contributed by atoms with Crippen molar-refractivity contribution in [3.8, 4) is 11.5 Å². The summed E-state index contributed by atoms with van der Waals surface area (Å²) in [5.74, 6) is 1.21. The molecule has 1 saturated heterocycles. The Morgan fingerprint density at radius 3 is 2.79 bits per heavy atom. The Bertz CT molecular complexity index is 923. The summed E-state index contributed by atoms with van der Waals surface area (Å²) in [6.45, 7) is 3.13. The zero-order valence-corrected chi connectivity index (χ0v) is 17.5. The average Bonchev–Trinajstić information content (AvgIpc) is 3.13. The number of methoxy groups -OCH3 is 1. The molecular formula is C22H22BrNO4. The second kappa shape index (κ2) is 9.06. The molecular weight excluding hydrogens is 422 g/mol. The minimum atomic E-state index is -0.127. The van der Waals surface area contributed by atoms with Gasteiger partial charge in [-0.25, -0.2) is 0 Å². The molecule has 5 nitrogen and oxygen atoms in total. The van der Waals surface area contributed by atoms with E-state index in [1.165, 1.54) is 6.08 Å². The number of benzene rings is 2. The van der Waals surface area contributed by atoms with E-state index in [0.717, 1.165) is 22.1 Å². The lowest BCUT2D eigenvalue weighted by Crippen LogP contribution is -2.23. The van der Waals surface area contributed by atoms with Crippen molar-refractivity contribution in [2.24, 2.45) is 0 Å². The molecule has 0 aromatic heterocycles. The van der Waals surface area contributed by atoms with E-state index in [1.807, 2.05) is 25.1 Å². The predicted octanol–water partition coefficient (Wildman–Crippen LogP) is 4.88. The number of hydrogen-bond acceptors (Lipinski definition) is 4. The van der Waals surface area contributed by atoms with Crippen LogP contribution in [0.25, 0.3) is 6.08 Å². The van der Waals surface area contributed by atoms with Crippen LogP contribution in [-0.2, 0) is 4.79 Å². The number of hydrogen-bond donors (Lipinski definition) is 0. The summed E-state index contributed by atoms with van der Waals surface area (Å²) in [7, 11) is 1.58. The van der Waals surface area contributed by atoms with Crippen molar-refractivity contribution in [3.63, 3.8) is 0 Å². The van der Waals surface area contributed by atoms with Crippen LogP contribution in [-0.4, -0.2) is 32.0 Å². The van der Waals surface area contributed by atoms with E-state index >= 15 is 0 Å². The first-order valence-electron chi connectivity index (χ1n) is 9.16. The van der Waals surface area contributed by atoms with Crippen LogP contribution in [0.3, 0.4) is 0 Å². The van der Waals surface area contributed by atoms with Gasteiger partial charge in [0.25, 0.3) is 0 Å². The summed E-state index contributed by atoms with van der Waals surface area (Å²) in [5.41, 5.74) is 2.13. The van der Waals surface area contributed by atoms with Gasteiger partial charge in [-0.05, 0) is 65.2 Å². The highest BCUT2D eigenvalue weighted by Crippen LogP contribution is 2.37. The fraction of sp³-hybridized carbons (Fsp3) is 0.273. The van der Waals surface area contributed by atoms with E-state index in [1.54, 1.807) is 36.3 Å². The highest BCUT2D eigenvalue weighted by atomic mass is 79.9. The SMILES string of the molecule is CCOc1c(Br)cc(/C=C/C(=O)c2cccc(N3CCCC3=O)c2)cc1OC. The Kier molecular flexibility index (Phi) is 6.52. The van der Waals surface area contributed by atoms with E-state index < -0.39 is 0 Å². The van der Waals surface area contributed by atoms with Crippen molar-refractivity contribution >= 4 is 39.4 Å². The monoisotopic (exact) mass is 443 g/mol. The first-order valence-corrected chi connectivity index (χ1v) is 9.96. The number of anilines is 1. The molecule has 0 aliphatic carbocycles. The molecule has 2 aromatic rings. The van der Waals surface area contributed by atoms with Gasteiger partial charge < -0.3 is 14.4 Å². The maximum absolute atomic E-state index is 12.6. The number of allylic oxidation sites excluding steroid dienone is 1. The molecule has 0 spiro atoms. The Labute approximate surface area is 173 Å². The largest absolute Gasteiger partial charge is 0.493 e. The molecule has 146 valence electrons. The molecule has 28 heavy (non-hydrogen) atoms. The van der Waals surface area contributed by atoms with Crippen LogP contribution in [0.15, 0.2) is 46.9 Å². The smallest absolute Gasteiger partial charge is 0.227 e. The van der Waals surface area contributed by atoms with Gasteiger partial charge in [-0.3, -0.25) is 9.59 Å². The van der Waals surface area contributed by atoms with E-state index in [2.05, 4.69) is 15.9 Å². The van der Waals surface area contributed by atoms with Crippen LogP contribution in [0.4, 0.5) is 5.69 Å². The predicted molar refractivity (Wildman–Crippen MR) is 113 cm³/mol. The van der Waals surface area contributed by atoms with Crippen molar-refractivity contribution in [1.82, 2.24) is 0 Å². The van der Waals surface area contributed by atoms with Crippen LogP contribution in [0.2, 0.25) is 0 Å². The molecule has 3 rings (SSSR count). The molecule has 1 heterocycles. The van der Waals surface area contributed by atoms with E-state index in [9.17, 15) is 9.59 Å². The fourth-order valence-electron chi connectivity index (χ4n) is 3.14. The Balaban J connectivity index is 1.80. The second-order valence-electron chi connectivity index (χ2n) is 6.36. The number of amides is 1. The number of ether oxygens (including phenoxy) is 2. The quantitative estimate of drug-likeness (QED) is 0.451. The zero-order valence-electron chi connectivity index (χ0n) is 15.9. The number of halogens is 1. The van der Waals surface area contributed by atoms with Crippen molar-refractivity contribution < 1.29 is 19.1 Å². The summed E-state index contributed by atoms with van der Waals surface area (Å²) in [6, 6.07) is 10.9. The maximum atomic E-state index is 12.6. The average molecular weight is 444 g/mol. The van der Waals surface area contributed by atoms with Gasteiger partial charge >= 0.3 is 0 Å². The number of carbonyl (C=O) groups is 2. The number of ketones is 1. The van der Waals surface area contributed by atoms with E-state index in [-0.39, 0.29) is 11.7 Å². The molecule has 0 saturated carbocycles. The van der Waals surface area contributed by atoms with Gasteiger partial charge in [0.05, 0.1) is 18.2 Å². The molecule has 0 atom stereocenters. The van der Waals surface area contributed by atoms with Crippen molar-refractivity contribution in [1.29, 1.82) is 0 Å². The molecule has 0 bridgehead atoms.